The van der Waals surface area contributed by atoms with Gasteiger partial charge >= 0.3 is 0 Å². The highest BCUT2D eigenvalue weighted by Crippen LogP contribution is 2.27. The molecule has 0 aliphatic carbocycles. The first-order valence-electron chi connectivity index (χ1n) is 10.3. The van der Waals surface area contributed by atoms with E-state index in [2.05, 4.69) is 25.9 Å². The fourth-order valence-electron chi connectivity index (χ4n) is 3.26. The van der Waals surface area contributed by atoms with Crippen molar-refractivity contribution >= 4 is 58.0 Å². The molecule has 4 rings (SSSR count). The molecule has 1 aromatic heterocycles. The second-order valence-corrected chi connectivity index (χ2v) is 8.22. The molecular weight excluding hydrogens is 492 g/mol. The van der Waals surface area contributed by atoms with Gasteiger partial charge in [0.25, 0.3) is 5.91 Å². The maximum Gasteiger partial charge on any atom is 0.258 e. The largest absolute Gasteiger partial charge is 0.326 e. The van der Waals surface area contributed by atoms with Gasteiger partial charge < -0.3 is 16.0 Å². The SMILES string of the molecule is CC(=O)Nc1ccc(-c2nc(Nc3cccc(NC(=O)c4c(Cl)cccc4Cl)c3)ncc2F)cc1. The number of rotatable bonds is 6. The molecule has 0 bridgehead atoms. The van der Waals surface area contributed by atoms with E-state index in [0.717, 1.165) is 6.20 Å². The van der Waals surface area contributed by atoms with Crippen LogP contribution in [-0.2, 0) is 4.79 Å². The summed E-state index contributed by atoms with van der Waals surface area (Å²) >= 11 is 12.2. The molecule has 0 radical (unpaired) electrons. The third-order valence-electron chi connectivity index (χ3n) is 4.79. The molecule has 0 saturated heterocycles. The Bertz CT molecular complexity index is 1390. The van der Waals surface area contributed by atoms with Crippen LogP contribution in [-0.4, -0.2) is 21.8 Å². The summed E-state index contributed by atoms with van der Waals surface area (Å²) in [7, 11) is 0. The highest BCUT2D eigenvalue weighted by Gasteiger charge is 2.15. The van der Waals surface area contributed by atoms with Gasteiger partial charge in [-0.05, 0) is 42.5 Å². The molecule has 1 heterocycles. The molecule has 0 aliphatic heterocycles. The van der Waals surface area contributed by atoms with Crippen molar-refractivity contribution in [1.82, 2.24) is 9.97 Å². The average molecular weight is 510 g/mol. The number of hydrogen-bond acceptors (Lipinski definition) is 5. The quantitative estimate of drug-likeness (QED) is 0.274. The molecule has 7 nitrogen and oxygen atoms in total. The van der Waals surface area contributed by atoms with Crippen LogP contribution in [0.1, 0.15) is 17.3 Å². The number of halogens is 3. The second-order valence-electron chi connectivity index (χ2n) is 7.41. The molecule has 0 atom stereocenters. The Labute approximate surface area is 210 Å². The molecule has 3 N–H and O–H groups in total. The molecule has 0 saturated carbocycles. The van der Waals surface area contributed by atoms with Gasteiger partial charge in [-0.15, -0.1) is 0 Å². The summed E-state index contributed by atoms with van der Waals surface area (Å²) in [6.45, 7) is 1.41. The number of hydrogen-bond donors (Lipinski definition) is 3. The maximum atomic E-state index is 14.4. The van der Waals surface area contributed by atoms with Crippen molar-refractivity contribution in [2.24, 2.45) is 0 Å². The zero-order valence-corrected chi connectivity index (χ0v) is 19.8. The van der Waals surface area contributed by atoms with E-state index in [4.69, 9.17) is 23.2 Å². The molecule has 10 heteroatoms. The van der Waals surface area contributed by atoms with Crippen molar-refractivity contribution in [2.75, 3.05) is 16.0 Å². The minimum Gasteiger partial charge on any atom is -0.326 e. The van der Waals surface area contributed by atoms with Crippen LogP contribution in [0.2, 0.25) is 10.0 Å². The Hall–Kier alpha value is -4.01. The van der Waals surface area contributed by atoms with E-state index in [9.17, 15) is 14.0 Å². The highest BCUT2D eigenvalue weighted by atomic mass is 35.5. The zero-order chi connectivity index (χ0) is 24.9. The molecule has 3 aromatic carbocycles. The van der Waals surface area contributed by atoms with Crippen molar-refractivity contribution in [1.29, 1.82) is 0 Å². The second kappa shape index (κ2) is 10.5. The summed E-state index contributed by atoms with van der Waals surface area (Å²) in [5.74, 6) is -1.10. The Morgan fingerprint density at radius 2 is 1.51 bits per heavy atom. The third-order valence-corrected chi connectivity index (χ3v) is 5.42. The lowest BCUT2D eigenvalue weighted by atomic mass is 10.1. The van der Waals surface area contributed by atoms with Crippen LogP contribution < -0.4 is 16.0 Å². The number of carbonyl (C=O) groups is 2. The van der Waals surface area contributed by atoms with E-state index in [1.807, 2.05) is 0 Å². The van der Waals surface area contributed by atoms with Crippen LogP contribution in [0.3, 0.4) is 0 Å². The number of nitrogens with zero attached hydrogens (tertiary/aromatic N) is 2. The summed E-state index contributed by atoms with van der Waals surface area (Å²) in [6.07, 6.45) is 1.07. The smallest absolute Gasteiger partial charge is 0.258 e. The van der Waals surface area contributed by atoms with E-state index in [1.54, 1.807) is 66.7 Å². The summed E-state index contributed by atoms with van der Waals surface area (Å²) in [5, 5.41) is 8.89. The molecule has 0 spiro atoms. The summed E-state index contributed by atoms with van der Waals surface area (Å²) in [5.41, 5.74) is 2.41. The van der Waals surface area contributed by atoms with Crippen LogP contribution in [0.25, 0.3) is 11.3 Å². The third kappa shape index (κ3) is 5.92. The maximum absolute atomic E-state index is 14.4. The van der Waals surface area contributed by atoms with Gasteiger partial charge in [0.1, 0.15) is 5.69 Å². The molecule has 0 unspecified atom stereocenters. The number of benzene rings is 3. The van der Waals surface area contributed by atoms with Crippen molar-refractivity contribution < 1.29 is 14.0 Å². The van der Waals surface area contributed by atoms with E-state index in [1.165, 1.54) is 6.92 Å². The minimum absolute atomic E-state index is 0.0923. The minimum atomic E-state index is -0.597. The van der Waals surface area contributed by atoms with Crippen LogP contribution in [0.4, 0.5) is 27.4 Å². The number of anilines is 4. The van der Waals surface area contributed by atoms with Gasteiger partial charge in [0.2, 0.25) is 11.9 Å². The van der Waals surface area contributed by atoms with Crippen LogP contribution in [0, 0.1) is 5.82 Å². The fourth-order valence-corrected chi connectivity index (χ4v) is 3.83. The van der Waals surface area contributed by atoms with Crippen molar-refractivity contribution in [3.8, 4) is 11.3 Å². The lowest BCUT2D eigenvalue weighted by Gasteiger charge is -2.11. The monoisotopic (exact) mass is 509 g/mol. The highest BCUT2D eigenvalue weighted by molar-refractivity contribution is 6.40. The number of nitrogens with one attached hydrogen (secondary N) is 3. The molecule has 176 valence electrons. The number of aromatic nitrogens is 2. The Balaban J connectivity index is 1.53. The van der Waals surface area contributed by atoms with Crippen molar-refractivity contribution in [3.63, 3.8) is 0 Å². The first kappa shape index (κ1) is 24.1. The topological polar surface area (TPSA) is 96.0 Å². The lowest BCUT2D eigenvalue weighted by molar-refractivity contribution is -0.114. The first-order chi connectivity index (χ1) is 16.8. The Morgan fingerprint density at radius 1 is 0.857 bits per heavy atom. The summed E-state index contributed by atoms with van der Waals surface area (Å²) < 4.78 is 14.4. The first-order valence-corrected chi connectivity index (χ1v) is 11.1. The van der Waals surface area contributed by atoms with Crippen LogP contribution in [0.5, 0.6) is 0 Å². The van der Waals surface area contributed by atoms with Gasteiger partial charge in [-0.2, -0.15) is 0 Å². The van der Waals surface area contributed by atoms with Gasteiger partial charge in [-0.1, -0.05) is 47.5 Å². The molecule has 0 fully saturated rings. The molecule has 2 amide bonds. The van der Waals surface area contributed by atoms with Crippen LogP contribution in [0.15, 0.2) is 72.9 Å². The Kier molecular flexibility index (Phi) is 7.24. The standard InChI is InChI=1S/C25H18Cl2FN5O2/c1-14(34)30-16-10-8-15(9-11-16)23-21(28)13-29-25(33-23)32-18-5-2-4-17(12-18)31-24(35)22-19(26)6-3-7-20(22)27/h2-13H,1H3,(H,30,34)(H,31,35)(H,29,32,33). The molecule has 35 heavy (non-hydrogen) atoms. The predicted molar refractivity (Wildman–Crippen MR) is 136 cm³/mol. The van der Waals surface area contributed by atoms with E-state index in [-0.39, 0.29) is 33.2 Å². The average Bonchev–Trinajstić information content (AvgIpc) is 2.81. The molecule has 0 aliphatic rings. The Morgan fingerprint density at radius 3 is 2.20 bits per heavy atom. The fraction of sp³-hybridized carbons (Fsp3) is 0.0400. The molecular formula is C25H18Cl2FN5O2. The zero-order valence-electron chi connectivity index (χ0n) is 18.3. The van der Waals surface area contributed by atoms with Gasteiger partial charge in [0, 0.05) is 29.5 Å². The molecule has 4 aromatic rings. The lowest BCUT2D eigenvalue weighted by Crippen LogP contribution is -2.13. The number of amides is 2. The van der Waals surface area contributed by atoms with Gasteiger partial charge in [0.05, 0.1) is 21.8 Å². The predicted octanol–water partition coefficient (Wildman–Crippen LogP) is 6.54. The van der Waals surface area contributed by atoms with E-state index < -0.39 is 11.7 Å². The van der Waals surface area contributed by atoms with Gasteiger partial charge in [-0.3, -0.25) is 9.59 Å². The van der Waals surface area contributed by atoms with Crippen molar-refractivity contribution in [3.05, 3.63) is 94.4 Å². The van der Waals surface area contributed by atoms with Gasteiger partial charge in [0.15, 0.2) is 5.82 Å². The van der Waals surface area contributed by atoms with Gasteiger partial charge in [-0.25, -0.2) is 14.4 Å². The van der Waals surface area contributed by atoms with Crippen molar-refractivity contribution in [2.45, 2.75) is 6.92 Å². The summed E-state index contributed by atoms with van der Waals surface area (Å²) in [6, 6.07) is 18.2. The number of carbonyl (C=O) groups excluding carboxylic acids is 2. The van der Waals surface area contributed by atoms with E-state index >= 15 is 0 Å². The van der Waals surface area contributed by atoms with Crippen LogP contribution >= 0.6 is 23.2 Å². The van der Waals surface area contributed by atoms with E-state index in [0.29, 0.717) is 22.6 Å². The summed E-state index contributed by atoms with van der Waals surface area (Å²) in [4.78, 5) is 32.1. The normalized spacial score (nSPS) is 10.5.